The summed E-state index contributed by atoms with van der Waals surface area (Å²) >= 11 is 5.90. The highest BCUT2D eigenvalue weighted by Crippen LogP contribution is 2.25. The molecule has 0 spiro atoms. The molecule has 4 nitrogen and oxygen atoms in total. The number of hydrogen-bond acceptors (Lipinski definition) is 2. The maximum Gasteiger partial charge on any atom is 0.191 e. The van der Waals surface area contributed by atoms with Gasteiger partial charge in [-0.25, -0.2) is 0 Å². The van der Waals surface area contributed by atoms with Gasteiger partial charge in [-0.05, 0) is 41.3 Å². The zero-order valence-electron chi connectivity index (χ0n) is 13.8. The Labute approximate surface area is 147 Å². The van der Waals surface area contributed by atoms with Gasteiger partial charge in [0.05, 0.1) is 6.61 Å². The van der Waals surface area contributed by atoms with E-state index < -0.39 is 0 Å². The topological polar surface area (TPSA) is 45.7 Å². The minimum Gasteiger partial charge on any atom is -0.493 e. The van der Waals surface area contributed by atoms with Crippen LogP contribution in [-0.4, -0.2) is 26.2 Å². The number of nitrogens with zero attached hydrogens (tertiary/aromatic N) is 1. The first kappa shape index (κ1) is 16.7. The summed E-state index contributed by atoms with van der Waals surface area (Å²) < 4.78 is 5.54. The van der Waals surface area contributed by atoms with E-state index >= 15 is 0 Å². The number of ether oxygens (including phenoxy) is 1. The summed E-state index contributed by atoms with van der Waals surface area (Å²) in [7, 11) is 1.78. The Hall–Kier alpha value is -2.20. The second-order valence-electron chi connectivity index (χ2n) is 5.77. The zero-order valence-corrected chi connectivity index (χ0v) is 14.6. The monoisotopic (exact) mass is 343 g/mol. The summed E-state index contributed by atoms with van der Waals surface area (Å²) in [5.41, 5.74) is 3.80. The highest BCUT2D eigenvalue weighted by molar-refractivity contribution is 6.30. The number of fused-ring (bicyclic) bond motifs is 1. The standard InChI is InChI=1S/C19H22ClN3O/c1-21-19(23-13-15-2-5-17(20)6-3-15)22-10-8-14-4-7-18-16(12-14)9-11-24-18/h2-7,12H,8-11,13H2,1H3,(H2,21,22,23). The maximum atomic E-state index is 5.90. The minimum absolute atomic E-state index is 0.715. The summed E-state index contributed by atoms with van der Waals surface area (Å²) in [5.74, 6) is 1.83. The van der Waals surface area contributed by atoms with E-state index in [2.05, 4.69) is 33.8 Å². The molecule has 126 valence electrons. The highest BCUT2D eigenvalue weighted by atomic mass is 35.5. The van der Waals surface area contributed by atoms with Crippen LogP contribution < -0.4 is 15.4 Å². The average molecular weight is 344 g/mol. The number of nitrogens with one attached hydrogen (secondary N) is 2. The lowest BCUT2D eigenvalue weighted by atomic mass is 10.1. The van der Waals surface area contributed by atoms with Crippen molar-refractivity contribution in [3.8, 4) is 5.75 Å². The lowest BCUT2D eigenvalue weighted by Crippen LogP contribution is -2.37. The lowest BCUT2D eigenvalue weighted by Gasteiger charge is -2.12. The van der Waals surface area contributed by atoms with Gasteiger partial charge in [-0.2, -0.15) is 0 Å². The molecule has 0 radical (unpaired) electrons. The molecule has 0 unspecified atom stereocenters. The lowest BCUT2D eigenvalue weighted by molar-refractivity contribution is 0.357. The van der Waals surface area contributed by atoms with Crippen molar-refractivity contribution in [2.75, 3.05) is 20.2 Å². The van der Waals surface area contributed by atoms with E-state index in [1.165, 1.54) is 16.7 Å². The van der Waals surface area contributed by atoms with Gasteiger partial charge in [0, 0.05) is 31.6 Å². The fourth-order valence-electron chi connectivity index (χ4n) is 2.73. The van der Waals surface area contributed by atoms with Gasteiger partial charge in [0.15, 0.2) is 5.96 Å². The Morgan fingerprint density at radius 3 is 2.71 bits per heavy atom. The van der Waals surface area contributed by atoms with Crippen LogP contribution >= 0.6 is 11.6 Å². The molecule has 0 saturated heterocycles. The number of rotatable bonds is 5. The summed E-state index contributed by atoms with van der Waals surface area (Å²) in [6.07, 6.45) is 1.97. The van der Waals surface area contributed by atoms with Gasteiger partial charge in [-0.3, -0.25) is 4.99 Å². The molecule has 5 heteroatoms. The van der Waals surface area contributed by atoms with Gasteiger partial charge in [0.1, 0.15) is 5.75 Å². The third-order valence-corrected chi connectivity index (χ3v) is 4.31. The van der Waals surface area contributed by atoms with E-state index in [9.17, 15) is 0 Å². The molecule has 3 rings (SSSR count). The molecule has 0 saturated carbocycles. The number of halogens is 1. The van der Waals surface area contributed by atoms with Crippen LogP contribution in [0.1, 0.15) is 16.7 Å². The highest BCUT2D eigenvalue weighted by Gasteiger charge is 2.11. The van der Waals surface area contributed by atoms with Gasteiger partial charge >= 0.3 is 0 Å². The number of benzene rings is 2. The van der Waals surface area contributed by atoms with Crippen molar-refractivity contribution in [2.24, 2.45) is 4.99 Å². The molecule has 1 aliphatic heterocycles. The predicted octanol–water partition coefficient (Wildman–Crippen LogP) is 3.18. The van der Waals surface area contributed by atoms with Gasteiger partial charge in [0.25, 0.3) is 0 Å². The summed E-state index contributed by atoms with van der Waals surface area (Å²) in [6, 6.07) is 14.3. The molecule has 0 atom stereocenters. The van der Waals surface area contributed by atoms with E-state index in [4.69, 9.17) is 16.3 Å². The van der Waals surface area contributed by atoms with Gasteiger partial charge in [-0.15, -0.1) is 0 Å². The molecule has 0 aromatic heterocycles. The van der Waals surface area contributed by atoms with Crippen molar-refractivity contribution in [2.45, 2.75) is 19.4 Å². The Morgan fingerprint density at radius 2 is 1.92 bits per heavy atom. The van der Waals surface area contributed by atoms with Crippen LogP contribution in [0.5, 0.6) is 5.75 Å². The fourth-order valence-corrected chi connectivity index (χ4v) is 2.86. The molecular formula is C19H22ClN3O. The Kier molecular flexibility index (Phi) is 5.59. The van der Waals surface area contributed by atoms with Crippen molar-refractivity contribution in [3.63, 3.8) is 0 Å². The third kappa shape index (κ3) is 4.42. The second kappa shape index (κ2) is 8.06. The molecule has 0 amide bonds. The Balaban J connectivity index is 1.45. The fraction of sp³-hybridized carbons (Fsp3) is 0.316. The normalized spacial score (nSPS) is 13.3. The quantitative estimate of drug-likeness (QED) is 0.647. The predicted molar refractivity (Wildman–Crippen MR) is 99.0 cm³/mol. The van der Waals surface area contributed by atoms with E-state index in [1.807, 2.05) is 24.3 Å². The molecule has 2 aromatic rings. The summed E-state index contributed by atoms with van der Waals surface area (Å²) in [6.45, 7) is 2.35. The van der Waals surface area contributed by atoms with Gasteiger partial charge in [-0.1, -0.05) is 35.9 Å². The van der Waals surface area contributed by atoms with Crippen LogP contribution in [0.3, 0.4) is 0 Å². The van der Waals surface area contributed by atoms with Crippen LogP contribution in [0.15, 0.2) is 47.5 Å². The van der Waals surface area contributed by atoms with Crippen LogP contribution in [0.25, 0.3) is 0 Å². The maximum absolute atomic E-state index is 5.90. The van der Waals surface area contributed by atoms with E-state index in [-0.39, 0.29) is 0 Å². The molecule has 2 aromatic carbocycles. The Morgan fingerprint density at radius 1 is 1.12 bits per heavy atom. The Bertz CT molecular complexity index is 713. The van der Waals surface area contributed by atoms with Crippen molar-refractivity contribution in [3.05, 3.63) is 64.2 Å². The van der Waals surface area contributed by atoms with Crippen LogP contribution in [0.2, 0.25) is 5.02 Å². The molecule has 0 aliphatic carbocycles. The van der Waals surface area contributed by atoms with Gasteiger partial charge < -0.3 is 15.4 Å². The number of guanidine groups is 1. The van der Waals surface area contributed by atoms with Crippen LogP contribution in [-0.2, 0) is 19.4 Å². The van der Waals surface area contributed by atoms with Gasteiger partial charge in [0.2, 0.25) is 0 Å². The summed E-state index contributed by atoms with van der Waals surface area (Å²) in [4.78, 5) is 4.26. The molecule has 2 N–H and O–H groups in total. The third-order valence-electron chi connectivity index (χ3n) is 4.06. The molecule has 0 bridgehead atoms. The second-order valence-corrected chi connectivity index (χ2v) is 6.21. The van der Waals surface area contributed by atoms with Crippen LogP contribution in [0.4, 0.5) is 0 Å². The molecular weight excluding hydrogens is 322 g/mol. The molecule has 1 heterocycles. The molecule has 1 aliphatic rings. The molecule has 0 fully saturated rings. The average Bonchev–Trinajstić information content (AvgIpc) is 3.07. The number of hydrogen-bond donors (Lipinski definition) is 2. The largest absolute Gasteiger partial charge is 0.493 e. The first-order chi connectivity index (χ1) is 11.7. The van der Waals surface area contributed by atoms with E-state index in [0.29, 0.717) is 6.54 Å². The van der Waals surface area contributed by atoms with Crippen LogP contribution in [0, 0.1) is 0 Å². The van der Waals surface area contributed by atoms with E-state index in [1.54, 1.807) is 7.05 Å². The van der Waals surface area contributed by atoms with E-state index in [0.717, 1.165) is 42.7 Å². The number of aliphatic imine (C=N–C) groups is 1. The van der Waals surface area contributed by atoms with Crippen molar-refractivity contribution in [1.82, 2.24) is 10.6 Å². The van der Waals surface area contributed by atoms with Crippen molar-refractivity contribution in [1.29, 1.82) is 0 Å². The first-order valence-electron chi connectivity index (χ1n) is 8.18. The zero-order chi connectivity index (χ0) is 16.8. The van der Waals surface area contributed by atoms with Crippen molar-refractivity contribution >= 4 is 17.6 Å². The van der Waals surface area contributed by atoms with Crippen molar-refractivity contribution < 1.29 is 4.74 Å². The summed E-state index contributed by atoms with van der Waals surface area (Å²) in [5, 5.41) is 7.41. The minimum atomic E-state index is 0.715. The first-order valence-corrected chi connectivity index (χ1v) is 8.56. The smallest absolute Gasteiger partial charge is 0.191 e. The molecule has 24 heavy (non-hydrogen) atoms. The SMILES string of the molecule is CN=C(NCCc1ccc2c(c1)CCO2)NCc1ccc(Cl)cc1.